The lowest BCUT2D eigenvalue weighted by Crippen LogP contribution is -2.14. The maximum absolute atomic E-state index is 12.3. The highest BCUT2D eigenvalue weighted by atomic mass is 16.5. The summed E-state index contributed by atoms with van der Waals surface area (Å²) in [6.45, 7) is 0. The number of aromatic nitrogens is 2. The Morgan fingerprint density at radius 1 is 1.32 bits per heavy atom. The van der Waals surface area contributed by atoms with Gasteiger partial charge in [0.15, 0.2) is 11.5 Å². The average molecular weight is 301 g/mol. The zero-order chi connectivity index (χ0) is 15.7. The third-order valence-corrected chi connectivity index (χ3v) is 3.93. The number of aryl methyl sites for hydroxylation is 1. The van der Waals surface area contributed by atoms with Crippen LogP contribution >= 0.6 is 0 Å². The number of carbonyl (C=O) groups excluding carboxylic acids is 1. The largest absolute Gasteiger partial charge is 0.493 e. The number of hydrogen-bond acceptors (Lipinski definition) is 4. The maximum atomic E-state index is 12.3. The summed E-state index contributed by atoms with van der Waals surface area (Å²) in [6, 6.07) is 5.35. The van der Waals surface area contributed by atoms with E-state index in [1.807, 2.05) is 19.4 Å². The van der Waals surface area contributed by atoms with Gasteiger partial charge >= 0.3 is 0 Å². The number of methoxy groups -OCH3 is 2. The van der Waals surface area contributed by atoms with Crippen molar-refractivity contribution in [2.75, 3.05) is 19.5 Å². The molecule has 1 aromatic carbocycles. The summed E-state index contributed by atoms with van der Waals surface area (Å²) in [5.41, 5.74) is 1.83. The number of amides is 1. The van der Waals surface area contributed by atoms with E-state index in [1.54, 1.807) is 37.1 Å². The molecule has 1 aliphatic carbocycles. The molecular weight excluding hydrogens is 282 g/mol. The molecule has 0 aliphatic heterocycles. The zero-order valence-corrected chi connectivity index (χ0v) is 12.9. The van der Waals surface area contributed by atoms with Gasteiger partial charge in [0.1, 0.15) is 0 Å². The van der Waals surface area contributed by atoms with E-state index >= 15 is 0 Å². The van der Waals surface area contributed by atoms with Crippen molar-refractivity contribution in [3.63, 3.8) is 0 Å². The second kappa shape index (κ2) is 5.71. The Morgan fingerprint density at radius 2 is 2.09 bits per heavy atom. The number of hydrogen-bond donors (Lipinski definition) is 1. The number of rotatable bonds is 5. The Bertz CT molecular complexity index is 696. The van der Waals surface area contributed by atoms with E-state index < -0.39 is 0 Å². The van der Waals surface area contributed by atoms with Crippen LogP contribution in [0.25, 0.3) is 0 Å². The van der Waals surface area contributed by atoms with E-state index in [2.05, 4.69) is 10.4 Å². The number of ether oxygens (including phenoxy) is 2. The van der Waals surface area contributed by atoms with Gasteiger partial charge in [0.2, 0.25) is 5.91 Å². The van der Waals surface area contributed by atoms with Gasteiger partial charge in [-0.25, -0.2) is 0 Å². The molecule has 6 nitrogen and oxygen atoms in total. The molecule has 1 aromatic heterocycles. The van der Waals surface area contributed by atoms with E-state index in [0.29, 0.717) is 17.2 Å². The van der Waals surface area contributed by atoms with Gasteiger partial charge in [0, 0.05) is 30.9 Å². The van der Waals surface area contributed by atoms with Crippen molar-refractivity contribution in [1.82, 2.24) is 9.78 Å². The summed E-state index contributed by atoms with van der Waals surface area (Å²) in [5.74, 6) is 1.55. The standard InChI is InChI=1S/C16H19N3O3/c1-19-9-10(8-17-19)12-7-13(12)16(20)18-11-4-5-14(21-2)15(6-11)22-3/h4-6,8-9,12-13H,7H2,1-3H3,(H,18,20). The van der Waals surface area contributed by atoms with Gasteiger partial charge in [-0.3, -0.25) is 9.48 Å². The summed E-state index contributed by atoms with van der Waals surface area (Å²) in [5, 5.41) is 7.09. The fourth-order valence-corrected chi connectivity index (χ4v) is 2.63. The zero-order valence-electron chi connectivity index (χ0n) is 12.9. The minimum absolute atomic E-state index is 0.0114. The molecule has 0 radical (unpaired) electrons. The predicted octanol–water partition coefficient (Wildman–Crippen LogP) is 2.18. The van der Waals surface area contributed by atoms with Crippen molar-refractivity contribution in [2.45, 2.75) is 12.3 Å². The molecule has 1 saturated carbocycles. The normalized spacial score (nSPS) is 19.6. The van der Waals surface area contributed by atoms with Crippen LogP contribution < -0.4 is 14.8 Å². The van der Waals surface area contributed by atoms with Crippen molar-refractivity contribution in [3.05, 3.63) is 36.2 Å². The van der Waals surface area contributed by atoms with Crippen LogP contribution in [0.15, 0.2) is 30.6 Å². The Hall–Kier alpha value is -2.50. The molecule has 6 heteroatoms. The average Bonchev–Trinajstić information content (AvgIpc) is 3.22. The highest BCUT2D eigenvalue weighted by Gasteiger charge is 2.44. The van der Waals surface area contributed by atoms with Gasteiger partial charge in [-0.2, -0.15) is 5.10 Å². The van der Waals surface area contributed by atoms with E-state index in [9.17, 15) is 4.79 Å². The number of carbonyl (C=O) groups is 1. The molecule has 1 aliphatic rings. The second-order valence-corrected chi connectivity index (χ2v) is 5.46. The van der Waals surface area contributed by atoms with Gasteiger partial charge in [-0.1, -0.05) is 0 Å². The van der Waals surface area contributed by atoms with Crippen molar-refractivity contribution < 1.29 is 14.3 Å². The molecule has 2 atom stereocenters. The topological polar surface area (TPSA) is 65.4 Å². The van der Waals surface area contributed by atoms with Crippen molar-refractivity contribution in [1.29, 1.82) is 0 Å². The maximum Gasteiger partial charge on any atom is 0.228 e. The first-order valence-corrected chi connectivity index (χ1v) is 7.14. The molecule has 116 valence electrons. The first-order valence-electron chi connectivity index (χ1n) is 7.14. The Labute approximate surface area is 129 Å². The van der Waals surface area contributed by atoms with E-state index in [0.717, 1.165) is 12.0 Å². The molecule has 3 rings (SSSR count). The summed E-state index contributed by atoms with van der Waals surface area (Å²) < 4.78 is 12.2. The number of nitrogens with zero attached hydrogens (tertiary/aromatic N) is 2. The molecule has 2 unspecified atom stereocenters. The lowest BCUT2D eigenvalue weighted by atomic mass is 10.2. The number of anilines is 1. The fraction of sp³-hybridized carbons (Fsp3) is 0.375. The van der Waals surface area contributed by atoms with E-state index in [4.69, 9.17) is 9.47 Å². The Kier molecular flexibility index (Phi) is 3.75. The molecule has 2 aromatic rings. The van der Waals surface area contributed by atoms with Gasteiger partial charge in [0.25, 0.3) is 0 Å². The third kappa shape index (κ3) is 2.77. The summed E-state index contributed by atoms with van der Waals surface area (Å²) in [6.07, 6.45) is 4.66. The lowest BCUT2D eigenvalue weighted by Gasteiger charge is -2.10. The van der Waals surface area contributed by atoms with Crippen LogP contribution in [0, 0.1) is 5.92 Å². The van der Waals surface area contributed by atoms with E-state index in [-0.39, 0.29) is 17.7 Å². The molecule has 1 N–H and O–H groups in total. The highest BCUT2D eigenvalue weighted by Crippen LogP contribution is 2.48. The molecule has 0 saturated heterocycles. The minimum Gasteiger partial charge on any atom is -0.493 e. The van der Waals surface area contributed by atoms with Crippen LogP contribution in [0.1, 0.15) is 17.9 Å². The van der Waals surface area contributed by atoms with Crippen LogP contribution in [-0.2, 0) is 11.8 Å². The lowest BCUT2D eigenvalue weighted by molar-refractivity contribution is -0.117. The minimum atomic E-state index is 0.0114. The van der Waals surface area contributed by atoms with Crippen LogP contribution in [0.2, 0.25) is 0 Å². The predicted molar refractivity (Wildman–Crippen MR) is 82.2 cm³/mol. The first kappa shape index (κ1) is 14.4. The number of benzene rings is 1. The Morgan fingerprint density at radius 3 is 2.73 bits per heavy atom. The molecule has 1 amide bonds. The molecule has 0 spiro atoms. The van der Waals surface area contributed by atoms with Crippen LogP contribution in [0.4, 0.5) is 5.69 Å². The van der Waals surface area contributed by atoms with Crippen molar-refractivity contribution >= 4 is 11.6 Å². The van der Waals surface area contributed by atoms with Crippen molar-refractivity contribution in [3.8, 4) is 11.5 Å². The SMILES string of the molecule is COc1ccc(NC(=O)C2CC2c2cnn(C)c2)cc1OC. The third-order valence-electron chi connectivity index (χ3n) is 3.93. The first-order chi connectivity index (χ1) is 10.6. The summed E-state index contributed by atoms with van der Waals surface area (Å²) in [4.78, 5) is 12.3. The van der Waals surface area contributed by atoms with Crippen LogP contribution in [-0.4, -0.2) is 29.9 Å². The monoisotopic (exact) mass is 301 g/mol. The van der Waals surface area contributed by atoms with E-state index in [1.165, 1.54) is 0 Å². The van der Waals surface area contributed by atoms with Crippen molar-refractivity contribution in [2.24, 2.45) is 13.0 Å². The summed E-state index contributed by atoms with van der Waals surface area (Å²) >= 11 is 0. The second-order valence-electron chi connectivity index (χ2n) is 5.46. The fourth-order valence-electron chi connectivity index (χ4n) is 2.63. The van der Waals surface area contributed by atoms with Crippen LogP contribution in [0.3, 0.4) is 0 Å². The molecule has 0 bridgehead atoms. The van der Waals surface area contributed by atoms with Gasteiger partial charge in [-0.15, -0.1) is 0 Å². The van der Waals surface area contributed by atoms with Gasteiger partial charge in [0.05, 0.1) is 20.4 Å². The smallest absolute Gasteiger partial charge is 0.228 e. The molecular formula is C16H19N3O3. The summed E-state index contributed by atoms with van der Waals surface area (Å²) in [7, 11) is 5.03. The van der Waals surface area contributed by atoms with Crippen LogP contribution in [0.5, 0.6) is 11.5 Å². The highest BCUT2D eigenvalue weighted by molar-refractivity contribution is 5.95. The van der Waals surface area contributed by atoms with Gasteiger partial charge < -0.3 is 14.8 Å². The van der Waals surface area contributed by atoms with Gasteiger partial charge in [-0.05, 0) is 30.0 Å². The molecule has 1 heterocycles. The number of nitrogens with one attached hydrogen (secondary N) is 1. The molecule has 22 heavy (non-hydrogen) atoms. The Balaban J connectivity index is 1.65. The quantitative estimate of drug-likeness (QED) is 0.919. The molecule has 1 fully saturated rings.